The first-order valence-electron chi connectivity index (χ1n) is 22.1. The van der Waals surface area contributed by atoms with Crippen LogP contribution < -0.4 is 4.89 Å². The topological polar surface area (TPSA) is 111 Å². The first-order chi connectivity index (χ1) is 27.5. The van der Waals surface area contributed by atoms with E-state index in [1.807, 2.05) is 21.1 Å². The highest BCUT2D eigenvalue weighted by molar-refractivity contribution is 7.45. The summed E-state index contributed by atoms with van der Waals surface area (Å²) in [4.78, 5) is 37.5. The highest BCUT2D eigenvalue weighted by Gasteiger charge is 2.21. The first kappa shape index (κ1) is 54.5. The molecule has 0 aliphatic carbocycles. The second-order valence-corrected chi connectivity index (χ2v) is 17.1. The van der Waals surface area contributed by atoms with Gasteiger partial charge in [-0.15, -0.1) is 0 Å². The maximum atomic E-state index is 12.7. The van der Waals surface area contributed by atoms with Crippen LogP contribution in [0.3, 0.4) is 0 Å². The number of ether oxygens (including phenoxy) is 2. The van der Waals surface area contributed by atoms with Gasteiger partial charge in [-0.05, 0) is 83.5 Å². The molecule has 0 aromatic heterocycles. The molecular formula is C47H82NO8P. The average Bonchev–Trinajstić information content (AvgIpc) is 3.16. The Balaban J connectivity index is 4.43. The summed E-state index contributed by atoms with van der Waals surface area (Å²) < 4.78 is 33.8. The molecule has 0 fully saturated rings. The number of likely N-dealkylation sites (N-methyl/N-ethyl adjacent to an activating group) is 1. The van der Waals surface area contributed by atoms with Gasteiger partial charge in [0.1, 0.15) is 19.8 Å². The van der Waals surface area contributed by atoms with Crippen molar-refractivity contribution in [1.82, 2.24) is 0 Å². The summed E-state index contributed by atoms with van der Waals surface area (Å²) in [5, 5.41) is 0. The van der Waals surface area contributed by atoms with Crippen molar-refractivity contribution in [2.24, 2.45) is 0 Å². The number of rotatable bonds is 39. The molecule has 0 saturated heterocycles. The number of esters is 2. The predicted octanol–water partition coefficient (Wildman–Crippen LogP) is 12.0. The lowest BCUT2D eigenvalue weighted by Crippen LogP contribution is -2.37. The molecule has 2 unspecified atom stereocenters. The van der Waals surface area contributed by atoms with Crippen LogP contribution in [0.2, 0.25) is 0 Å². The molecular weight excluding hydrogens is 737 g/mol. The normalized spacial score (nSPS) is 14.3. The van der Waals surface area contributed by atoms with E-state index in [2.05, 4.69) is 86.8 Å². The third-order valence-corrected chi connectivity index (χ3v) is 9.92. The maximum absolute atomic E-state index is 12.7. The summed E-state index contributed by atoms with van der Waals surface area (Å²) >= 11 is 0. The molecule has 0 saturated carbocycles. The molecule has 10 heteroatoms. The van der Waals surface area contributed by atoms with Crippen LogP contribution >= 0.6 is 7.82 Å². The van der Waals surface area contributed by atoms with Gasteiger partial charge in [0.05, 0.1) is 27.7 Å². The van der Waals surface area contributed by atoms with Crippen molar-refractivity contribution >= 4 is 19.8 Å². The number of quaternary nitrogens is 1. The molecule has 0 bridgehead atoms. The van der Waals surface area contributed by atoms with E-state index in [0.29, 0.717) is 23.9 Å². The van der Waals surface area contributed by atoms with Gasteiger partial charge >= 0.3 is 11.9 Å². The van der Waals surface area contributed by atoms with Crippen molar-refractivity contribution < 1.29 is 42.1 Å². The Morgan fingerprint density at radius 3 is 1.53 bits per heavy atom. The van der Waals surface area contributed by atoms with Gasteiger partial charge in [-0.3, -0.25) is 14.2 Å². The number of carbonyl (C=O) groups is 2. The fraction of sp³-hybridized carbons (Fsp3) is 0.702. The summed E-state index contributed by atoms with van der Waals surface area (Å²) in [6.07, 6.45) is 47.9. The molecule has 57 heavy (non-hydrogen) atoms. The number of hydrogen-bond donors (Lipinski definition) is 0. The number of carbonyl (C=O) groups excluding carboxylic acids is 2. The van der Waals surface area contributed by atoms with Crippen LogP contribution in [0.15, 0.2) is 72.9 Å². The minimum Gasteiger partial charge on any atom is -0.756 e. The molecule has 0 aromatic carbocycles. The highest BCUT2D eigenvalue weighted by atomic mass is 31.2. The summed E-state index contributed by atoms with van der Waals surface area (Å²) in [7, 11) is 1.12. The molecule has 0 aromatic rings. The van der Waals surface area contributed by atoms with Crippen LogP contribution in [-0.2, 0) is 32.7 Å². The zero-order valence-electron chi connectivity index (χ0n) is 36.8. The van der Waals surface area contributed by atoms with Gasteiger partial charge in [-0.2, -0.15) is 0 Å². The second-order valence-electron chi connectivity index (χ2n) is 15.7. The van der Waals surface area contributed by atoms with E-state index in [1.54, 1.807) is 0 Å². The summed E-state index contributed by atoms with van der Waals surface area (Å²) in [6.45, 7) is 4.02. The van der Waals surface area contributed by atoms with Gasteiger partial charge < -0.3 is 27.9 Å². The summed E-state index contributed by atoms with van der Waals surface area (Å²) in [6, 6.07) is 0. The Kier molecular flexibility index (Phi) is 37.2. The molecule has 9 nitrogen and oxygen atoms in total. The third-order valence-electron chi connectivity index (χ3n) is 8.96. The molecule has 0 N–H and O–H groups in total. The number of phosphoric ester groups is 1. The lowest BCUT2D eigenvalue weighted by Gasteiger charge is -2.28. The smallest absolute Gasteiger partial charge is 0.306 e. The SMILES string of the molecule is CC/C=C\C/C=C\C/C=C\C/C=C\CCCCC(=O)OC(COC(=O)CCCCCCCCC/C=C\C/C=C\CCCCCC)COP(=O)([O-])OCC[N+](C)(C)C. The van der Waals surface area contributed by atoms with E-state index >= 15 is 0 Å². The van der Waals surface area contributed by atoms with E-state index in [0.717, 1.165) is 70.6 Å². The van der Waals surface area contributed by atoms with Crippen molar-refractivity contribution in [3.8, 4) is 0 Å². The van der Waals surface area contributed by atoms with Crippen LogP contribution in [0.25, 0.3) is 0 Å². The van der Waals surface area contributed by atoms with Crippen molar-refractivity contribution in [1.29, 1.82) is 0 Å². The van der Waals surface area contributed by atoms with Crippen molar-refractivity contribution in [3.63, 3.8) is 0 Å². The van der Waals surface area contributed by atoms with Crippen LogP contribution in [0.1, 0.15) is 162 Å². The van der Waals surface area contributed by atoms with Crippen molar-refractivity contribution in [2.75, 3.05) is 47.5 Å². The quantitative estimate of drug-likeness (QED) is 0.0198. The lowest BCUT2D eigenvalue weighted by molar-refractivity contribution is -0.870. The second kappa shape index (κ2) is 38.9. The molecule has 328 valence electrons. The number of nitrogens with zero attached hydrogens (tertiary/aromatic N) is 1. The van der Waals surface area contributed by atoms with Crippen molar-refractivity contribution in [2.45, 2.75) is 168 Å². The molecule has 0 aliphatic heterocycles. The van der Waals surface area contributed by atoms with Gasteiger partial charge in [0, 0.05) is 12.8 Å². The number of phosphoric acid groups is 1. The Hall–Kier alpha value is -2.55. The van der Waals surface area contributed by atoms with E-state index in [-0.39, 0.29) is 26.1 Å². The minimum atomic E-state index is -4.64. The fourth-order valence-corrected chi connectivity index (χ4v) is 6.23. The van der Waals surface area contributed by atoms with Crippen LogP contribution in [-0.4, -0.2) is 70.0 Å². The number of unbranched alkanes of at least 4 members (excludes halogenated alkanes) is 13. The van der Waals surface area contributed by atoms with Gasteiger partial charge in [-0.25, -0.2) is 0 Å². The fourth-order valence-electron chi connectivity index (χ4n) is 5.50. The third kappa shape index (κ3) is 42.9. The molecule has 0 spiro atoms. The zero-order chi connectivity index (χ0) is 42.1. The largest absolute Gasteiger partial charge is 0.756 e. The van der Waals surface area contributed by atoms with Gasteiger partial charge in [0.2, 0.25) is 0 Å². The molecule has 0 heterocycles. The molecule has 0 amide bonds. The standard InChI is InChI=1S/C47H82NO8P/c1-6-8-10-12-14-16-18-20-22-23-24-26-27-29-31-33-35-37-39-46(49)53-43-45(44-55-57(51,52)54-42-41-48(3,4)5)56-47(50)40-38-36-34-32-30-28-25-21-19-17-15-13-11-9-7-2/h9,11,15-18,21-23,25,30,32,45H,6-8,10,12-14,19-20,24,26-29,31,33-44H2,1-5H3/b11-9-,17-15-,18-16-,23-22-,25-21-,32-30-. The number of allylic oxidation sites excluding steroid dienone is 12. The molecule has 0 radical (unpaired) electrons. The van der Waals surface area contributed by atoms with Crippen LogP contribution in [0.4, 0.5) is 0 Å². The minimum absolute atomic E-state index is 0.0439. The Bertz CT molecular complexity index is 1200. The molecule has 0 aliphatic rings. The van der Waals surface area contributed by atoms with E-state index in [1.165, 1.54) is 51.4 Å². The van der Waals surface area contributed by atoms with Crippen LogP contribution in [0, 0.1) is 0 Å². The summed E-state index contributed by atoms with van der Waals surface area (Å²) in [5.74, 6) is -0.898. The monoisotopic (exact) mass is 820 g/mol. The predicted molar refractivity (Wildman–Crippen MR) is 236 cm³/mol. The first-order valence-corrected chi connectivity index (χ1v) is 23.6. The Labute approximate surface area is 348 Å². The van der Waals surface area contributed by atoms with Gasteiger partial charge in [0.25, 0.3) is 7.82 Å². The maximum Gasteiger partial charge on any atom is 0.306 e. The van der Waals surface area contributed by atoms with Gasteiger partial charge in [0.15, 0.2) is 6.10 Å². The van der Waals surface area contributed by atoms with E-state index in [4.69, 9.17) is 18.5 Å². The Morgan fingerprint density at radius 2 is 1.00 bits per heavy atom. The Morgan fingerprint density at radius 1 is 0.561 bits per heavy atom. The van der Waals surface area contributed by atoms with Crippen molar-refractivity contribution in [3.05, 3.63) is 72.9 Å². The molecule has 2 atom stereocenters. The average molecular weight is 820 g/mol. The van der Waals surface area contributed by atoms with E-state index < -0.39 is 32.5 Å². The summed E-state index contributed by atoms with van der Waals surface area (Å²) in [5.41, 5.74) is 0. The molecule has 0 rings (SSSR count). The van der Waals surface area contributed by atoms with Gasteiger partial charge in [-0.1, -0.05) is 138 Å². The lowest BCUT2D eigenvalue weighted by atomic mass is 10.1. The van der Waals surface area contributed by atoms with E-state index in [9.17, 15) is 19.0 Å². The zero-order valence-corrected chi connectivity index (χ0v) is 37.7. The highest BCUT2D eigenvalue weighted by Crippen LogP contribution is 2.38. The van der Waals surface area contributed by atoms with Crippen LogP contribution in [0.5, 0.6) is 0 Å². The number of hydrogen-bond acceptors (Lipinski definition) is 8.